The second-order valence-corrected chi connectivity index (χ2v) is 12.1. The molecule has 1 atom stereocenters. The van der Waals surface area contributed by atoms with Crippen molar-refractivity contribution in [2.45, 2.75) is 62.7 Å². The number of carbonyl (C=O) groups is 1. The summed E-state index contributed by atoms with van der Waals surface area (Å²) in [6.45, 7) is 5.00. The van der Waals surface area contributed by atoms with E-state index in [4.69, 9.17) is 0 Å². The number of hydrogen-bond acceptors (Lipinski definition) is 8. The Bertz CT molecular complexity index is 1810. The quantitative estimate of drug-likeness (QED) is 0.195. The van der Waals surface area contributed by atoms with Gasteiger partial charge in [-0.3, -0.25) is 4.79 Å². The zero-order chi connectivity index (χ0) is 31.2. The van der Waals surface area contributed by atoms with Gasteiger partial charge in [-0.15, -0.1) is 0 Å². The summed E-state index contributed by atoms with van der Waals surface area (Å²) < 4.78 is 82.2. The summed E-state index contributed by atoms with van der Waals surface area (Å²) in [5.41, 5.74) is 0.512. The average Bonchev–Trinajstić information content (AvgIpc) is 3.74. The molecule has 4 aromatic rings. The Morgan fingerprint density at radius 1 is 1.02 bits per heavy atom. The molecule has 1 amide bonds. The number of sulfonamides is 1. The van der Waals surface area contributed by atoms with Gasteiger partial charge in [-0.2, -0.15) is 18.2 Å². The van der Waals surface area contributed by atoms with E-state index in [9.17, 15) is 30.8 Å². The molecule has 9 nitrogen and oxygen atoms in total. The van der Waals surface area contributed by atoms with E-state index in [0.717, 1.165) is 0 Å². The first-order chi connectivity index (χ1) is 20.2. The molecule has 226 valence electrons. The summed E-state index contributed by atoms with van der Waals surface area (Å²) >= 11 is 0. The predicted octanol–water partition coefficient (Wildman–Crippen LogP) is 6.03. The van der Waals surface area contributed by atoms with Crippen LogP contribution < -0.4 is 15.4 Å². The van der Waals surface area contributed by atoms with Crippen molar-refractivity contribution in [2.24, 2.45) is 0 Å². The second-order valence-electron chi connectivity index (χ2n) is 10.4. The minimum absolute atomic E-state index is 0.00696. The number of alkyl halides is 3. The molecule has 5 rings (SSSR count). The Hall–Kier alpha value is -4.33. The number of hydrogen-bond donors (Lipinski definition) is 3. The van der Waals surface area contributed by atoms with Crippen molar-refractivity contribution < 1.29 is 30.8 Å². The van der Waals surface area contributed by atoms with Gasteiger partial charge < -0.3 is 10.6 Å². The van der Waals surface area contributed by atoms with Crippen LogP contribution in [0.15, 0.2) is 59.5 Å². The third-order valence-electron chi connectivity index (χ3n) is 7.27. The first kappa shape index (κ1) is 30.1. The smallest absolute Gasteiger partial charge is 0.354 e. The highest BCUT2D eigenvalue weighted by atomic mass is 32.2. The van der Waals surface area contributed by atoms with Gasteiger partial charge in [0.15, 0.2) is 5.82 Å². The average molecular weight is 617 g/mol. The molecular weight excluding hydrogens is 588 g/mol. The van der Waals surface area contributed by atoms with Crippen molar-refractivity contribution in [3.8, 4) is 11.3 Å². The molecule has 1 fully saturated rings. The number of aryl methyl sites for hydroxylation is 1. The van der Waals surface area contributed by atoms with Crippen molar-refractivity contribution in [3.05, 3.63) is 71.5 Å². The monoisotopic (exact) mass is 616 g/mol. The van der Waals surface area contributed by atoms with E-state index in [1.165, 1.54) is 43.3 Å². The van der Waals surface area contributed by atoms with Gasteiger partial charge in [0.25, 0.3) is 10.0 Å². The number of nitrogens with zero attached hydrogens (tertiary/aromatic N) is 3. The van der Waals surface area contributed by atoms with Crippen molar-refractivity contribution in [3.63, 3.8) is 0 Å². The minimum Gasteiger partial charge on any atom is -0.354 e. The zero-order valence-electron chi connectivity index (χ0n) is 23.4. The number of benzene rings is 2. The molecule has 0 aliphatic heterocycles. The predicted molar refractivity (Wildman–Crippen MR) is 153 cm³/mol. The van der Waals surface area contributed by atoms with Crippen LogP contribution >= 0.6 is 0 Å². The fraction of sp³-hybridized carbons (Fsp3) is 0.310. The summed E-state index contributed by atoms with van der Waals surface area (Å²) in [4.78, 5) is 24.9. The maximum Gasteiger partial charge on any atom is 0.411 e. The van der Waals surface area contributed by atoms with E-state index < -0.39 is 39.5 Å². The second kappa shape index (κ2) is 11.1. The lowest BCUT2D eigenvalue weighted by Crippen LogP contribution is -2.39. The Morgan fingerprint density at radius 3 is 2.33 bits per heavy atom. The van der Waals surface area contributed by atoms with Crippen LogP contribution in [0.5, 0.6) is 0 Å². The lowest BCUT2D eigenvalue weighted by atomic mass is 10.0. The molecule has 1 aliphatic rings. The molecule has 1 aliphatic carbocycles. The van der Waals surface area contributed by atoms with Gasteiger partial charge in [-0.25, -0.2) is 27.5 Å². The maximum absolute atomic E-state index is 13.9. The summed E-state index contributed by atoms with van der Waals surface area (Å²) in [6.07, 6.45) is -4.75. The largest absolute Gasteiger partial charge is 0.411 e. The molecule has 2 aromatic carbocycles. The highest BCUT2D eigenvalue weighted by Gasteiger charge is 2.64. The molecule has 0 unspecified atom stereocenters. The summed E-state index contributed by atoms with van der Waals surface area (Å²) in [7, 11) is -4.05. The van der Waals surface area contributed by atoms with E-state index in [1.807, 2.05) is 4.72 Å². The molecule has 0 saturated heterocycles. The van der Waals surface area contributed by atoms with Crippen molar-refractivity contribution in [1.82, 2.24) is 19.7 Å². The molecule has 14 heteroatoms. The highest BCUT2D eigenvalue weighted by Crippen LogP contribution is 2.51. The molecule has 0 bridgehead atoms. The Kier molecular flexibility index (Phi) is 7.75. The minimum atomic E-state index is -4.52. The van der Waals surface area contributed by atoms with Gasteiger partial charge in [0.2, 0.25) is 11.9 Å². The summed E-state index contributed by atoms with van der Waals surface area (Å²) in [5.74, 6) is -1.14. The third kappa shape index (κ3) is 6.24. The molecule has 43 heavy (non-hydrogen) atoms. The van der Waals surface area contributed by atoms with Crippen LogP contribution in [-0.2, 0) is 14.8 Å². The maximum atomic E-state index is 13.9. The van der Waals surface area contributed by atoms with Crippen LogP contribution in [0.4, 0.5) is 29.3 Å². The number of amides is 1. The van der Waals surface area contributed by atoms with Crippen LogP contribution in [0.25, 0.3) is 22.3 Å². The SMILES string of the molecule is CCC(=O)NS(=O)(=O)c1ccc([C@H](C)Nc2nc(NC3(C(F)(F)F)CC3)c3nc(-c4ccc(F)cc4)ccc3n2)c(C)c1. The molecule has 2 heterocycles. The van der Waals surface area contributed by atoms with E-state index in [2.05, 4.69) is 25.6 Å². The molecule has 3 N–H and O–H groups in total. The number of rotatable bonds is 9. The molecule has 2 aromatic heterocycles. The van der Waals surface area contributed by atoms with Crippen LogP contribution in [0, 0.1) is 12.7 Å². The number of pyridine rings is 1. The molecule has 0 radical (unpaired) electrons. The van der Waals surface area contributed by atoms with E-state index in [-0.39, 0.29) is 47.0 Å². The van der Waals surface area contributed by atoms with Crippen LogP contribution in [0.3, 0.4) is 0 Å². The first-order valence-electron chi connectivity index (χ1n) is 13.4. The first-order valence-corrected chi connectivity index (χ1v) is 14.9. The standard InChI is InChI=1S/C29H28F4N6O3S/c1-4-24(40)39-43(41,42)20-9-10-21(16(2)15-20)17(3)34-27-36-23-12-11-22(18-5-7-19(30)8-6-18)35-25(23)26(37-27)38-28(13-14-28)29(31,32)33/h5-12,15,17H,4,13-14H2,1-3H3,(H,39,40)(H2,34,36,37,38)/t17-/m0/s1. The fourth-order valence-corrected chi connectivity index (χ4v) is 5.77. The number of anilines is 2. The van der Waals surface area contributed by atoms with E-state index >= 15 is 0 Å². The van der Waals surface area contributed by atoms with E-state index in [0.29, 0.717) is 22.4 Å². The number of carbonyl (C=O) groups excluding carboxylic acids is 1. The Morgan fingerprint density at radius 2 is 1.72 bits per heavy atom. The van der Waals surface area contributed by atoms with Crippen LogP contribution in [0.1, 0.15) is 50.3 Å². The number of fused-ring (bicyclic) bond motifs is 1. The van der Waals surface area contributed by atoms with Gasteiger partial charge in [-0.05, 0) is 86.3 Å². The van der Waals surface area contributed by atoms with Crippen molar-refractivity contribution >= 4 is 38.7 Å². The van der Waals surface area contributed by atoms with Crippen LogP contribution in [0.2, 0.25) is 0 Å². The molecule has 0 spiro atoms. The fourth-order valence-electron chi connectivity index (χ4n) is 4.63. The lowest BCUT2D eigenvalue weighted by Gasteiger charge is -2.23. The highest BCUT2D eigenvalue weighted by molar-refractivity contribution is 7.90. The van der Waals surface area contributed by atoms with Gasteiger partial charge in [0, 0.05) is 12.0 Å². The number of nitrogens with one attached hydrogen (secondary N) is 3. The van der Waals surface area contributed by atoms with Gasteiger partial charge in [0.1, 0.15) is 16.9 Å². The van der Waals surface area contributed by atoms with Gasteiger partial charge in [-0.1, -0.05) is 13.0 Å². The normalized spacial score (nSPS) is 15.1. The van der Waals surface area contributed by atoms with Gasteiger partial charge >= 0.3 is 6.18 Å². The van der Waals surface area contributed by atoms with Crippen molar-refractivity contribution in [1.29, 1.82) is 0 Å². The third-order valence-corrected chi connectivity index (χ3v) is 8.64. The zero-order valence-corrected chi connectivity index (χ0v) is 24.2. The molecule has 1 saturated carbocycles. The summed E-state index contributed by atoms with van der Waals surface area (Å²) in [5, 5.41) is 5.67. The topological polar surface area (TPSA) is 126 Å². The number of aromatic nitrogens is 3. The Labute approximate surface area is 245 Å². The number of halogens is 4. The van der Waals surface area contributed by atoms with Crippen molar-refractivity contribution in [2.75, 3.05) is 10.6 Å². The lowest BCUT2D eigenvalue weighted by molar-refractivity contribution is -0.151. The molecular formula is C29H28F4N6O3S. The summed E-state index contributed by atoms with van der Waals surface area (Å²) in [6, 6.07) is 12.7. The van der Waals surface area contributed by atoms with E-state index in [1.54, 1.807) is 32.0 Å². The van der Waals surface area contributed by atoms with Gasteiger partial charge in [0.05, 0.1) is 22.1 Å². The van der Waals surface area contributed by atoms with Crippen LogP contribution in [-0.4, -0.2) is 41.0 Å². The Balaban J connectivity index is 1.49.